The van der Waals surface area contributed by atoms with Gasteiger partial charge in [0.2, 0.25) is 0 Å². The topological polar surface area (TPSA) is 9.23 Å². The molecule has 9 heavy (non-hydrogen) atoms. The van der Waals surface area contributed by atoms with Gasteiger partial charge in [-0.3, -0.25) is 0 Å². The lowest BCUT2D eigenvalue weighted by Gasteiger charge is -1.95. The van der Waals surface area contributed by atoms with Gasteiger partial charge < -0.3 is 4.74 Å². The molecule has 0 saturated carbocycles. The molecule has 0 heterocycles. The second-order valence-electron chi connectivity index (χ2n) is 1.77. The van der Waals surface area contributed by atoms with Crippen LogP contribution in [0.4, 0.5) is 0 Å². The molecule has 0 aromatic carbocycles. The molecule has 0 aromatic heterocycles. The Morgan fingerprint density at radius 3 is 2.67 bits per heavy atom. The van der Waals surface area contributed by atoms with Gasteiger partial charge in [0.25, 0.3) is 0 Å². The predicted octanol–water partition coefficient (Wildman–Crippen LogP) is 3.06. The maximum Gasteiger partial charge on any atom is 0.0929 e. The first-order valence-electron chi connectivity index (χ1n) is 3.27. The summed E-state index contributed by atoms with van der Waals surface area (Å²) in [5.41, 5.74) is 0. The van der Waals surface area contributed by atoms with Crippen molar-refractivity contribution in [2.24, 2.45) is 0 Å². The van der Waals surface area contributed by atoms with Crippen molar-refractivity contribution < 1.29 is 4.74 Å². The number of halogens is 1. The zero-order chi connectivity index (χ0) is 7.11. The van der Waals surface area contributed by atoms with E-state index in [0.29, 0.717) is 0 Å². The van der Waals surface area contributed by atoms with Crippen molar-refractivity contribution in [3.8, 4) is 0 Å². The fourth-order valence-electron chi connectivity index (χ4n) is 0.472. The minimum atomic E-state index is 0.749. The van der Waals surface area contributed by atoms with Crippen LogP contribution in [-0.2, 0) is 4.74 Å². The van der Waals surface area contributed by atoms with E-state index in [0.717, 1.165) is 23.9 Å². The highest BCUT2D eigenvalue weighted by atomic mass is 79.9. The highest BCUT2D eigenvalue weighted by Gasteiger charge is 1.86. The van der Waals surface area contributed by atoms with Gasteiger partial charge in [0.15, 0.2) is 0 Å². The standard InChI is InChI=1S/C7H13BrO/c1-3-5-7(8)6-9-4-2/h6H,3-5H2,1-2H3/b7-6-. The lowest BCUT2D eigenvalue weighted by Crippen LogP contribution is -1.79. The van der Waals surface area contributed by atoms with Crippen molar-refractivity contribution in [2.75, 3.05) is 6.61 Å². The van der Waals surface area contributed by atoms with Crippen LogP contribution in [0.2, 0.25) is 0 Å². The quantitative estimate of drug-likeness (QED) is 0.623. The number of hydrogen-bond acceptors (Lipinski definition) is 1. The molecule has 0 aliphatic heterocycles. The molecule has 54 valence electrons. The molecule has 0 rings (SSSR count). The average Bonchev–Trinajstić information content (AvgIpc) is 1.85. The van der Waals surface area contributed by atoms with Crippen molar-refractivity contribution in [3.05, 3.63) is 10.7 Å². The lowest BCUT2D eigenvalue weighted by atomic mass is 10.3. The largest absolute Gasteiger partial charge is 0.501 e. The van der Waals surface area contributed by atoms with Crippen LogP contribution in [0.15, 0.2) is 10.7 Å². The lowest BCUT2D eigenvalue weighted by molar-refractivity contribution is 0.267. The van der Waals surface area contributed by atoms with E-state index >= 15 is 0 Å². The summed E-state index contributed by atoms with van der Waals surface area (Å²) in [4.78, 5) is 0. The molecule has 0 fully saturated rings. The van der Waals surface area contributed by atoms with E-state index in [1.807, 2.05) is 6.92 Å². The summed E-state index contributed by atoms with van der Waals surface area (Å²) in [5, 5.41) is 0. The van der Waals surface area contributed by atoms with Crippen LogP contribution in [-0.4, -0.2) is 6.61 Å². The van der Waals surface area contributed by atoms with Gasteiger partial charge in [-0.15, -0.1) is 0 Å². The third-order valence-corrected chi connectivity index (χ3v) is 1.45. The van der Waals surface area contributed by atoms with Gasteiger partial charge in [-0.1, -0.05) is 29.3 Å². The normalized spacial score (nSPS) is 11.7. The fraction of sp³-hybridized carbons (Fsp3) is 0.714. The molecule has 0 aliphatic carbocycles. The summed E-state index contributed by atoms with van der Waals surface area (Å²) in [6.45, 7) is 4.86. The Kier molecular flexibility index (Phi) is 6.16. The number of ether oxygens (including phenoxy) is 1. The SMILES string of the molecule is CCC/C(Br)=C/OCC. The van der Waals surface area contributed by atoms with Crippen LogP contribution >= 0.6 is 15.9 Å². The van der Waals surface area contributed by atoms with E-state index in [2.05, 4.69) is 22.9 Å². The predicted molar refractivity (Wildman–Crippen MR) is 43.5 cm³/mol. The molecule has 0 saturated heterocycles. The van der Waals surface area contributed by atoms with Crippen molar-refractivity contribution in [2.45, 2.75) is 26.7 Å². The molecule has 0 atom stereocenters. The Labute approximate surface area is 65.2 Å². The van der Waals surface area contributed by atoms with Crippen molar-refractivity contribution in [1.82, 2.24) is 0 Å². The van der Waals surface area contributed by atoms with Gasteiger partial charge in [0.1, 0.15) is 0 Å². The summed E-state index contributed by atoms with van der Waals surface area (Å²) < 4.78 is 6.18. The second-order valence-corrected chi connectivity index (χ2v) is 2.79. The monoisotopic (exact) mass is 192 g/mol. The Hall–Kier alpha value is 0.0200. The van der Waals surface area contributed by atoms with Crippen LogP contribution < -0.4 is 0 Å². The molecular weight excluding hydrogens is 180 g/mol. The van der Waals surface area contributed by atoms with Crippen LogP contribution in [0.25, 0.3) is 0 Å². The molecule has 0 aliphatic rings. The van der Waals surface area contributed by atoms with Gasteiger partial charge in [-0.2, -0.15) is 0 Å². The summed E-state index contributed by atoms with van der Waals surface area (Å²) in [5.74, 6) is 0. The average molecular weight is 193 g/mol. The summed E-state index contributed by atoms with van der Waals surface area (Å²) in [7, 11) is 0. The van der Waals surface area contributed by atoms with E-state index in [4.69, 9.17) is 4.74 Å². The van der Waals surface area contributed by atoms with E-state index in [1.54, 1.807) is 6.26 Å². The van der Waals surface area contributed by atoms with Crippen LogP contribution in [0, 0.1) is 0 Å². The smallest absolute Gasteiger partial charge is 0.0929 e. The molecule has 0 spiro atoms. The highest BCUT2D eigenvalue weighted by molar-refractivity contribution is 9.11. The van der Waals surface area contributed by atoms with Gasteiger partial charge in [0, 0.05) is 4.48 Å². The van der Waals surface area contributed by atoms with Gasteiger partial charge in [-0.05, 0) is 13.3 Å². The van der Waals surface area contributed by atoms with Gasteiger partial charge >= 0.3 is 0 Å². The molecule has 0 radical (unpaired) electrons. The molecule has 0 aromatic rings. The summed E-state index contributed by atoms with van der Waals surface area (Å²) in [6, 6.07) is 0. The first kappa shape index (κ1) is 9.02. The van der Waals surface area contributed by atoms with Gasteiger partial charge in [0.05, 0.1) is 12.9 Å². The minimum Gasteiger partial charge on any atom is -0.501 e. The molecule has 1 nitrogen and oxygen atoms in total. The Bertz CT molecular complexity index is 88.9. The van der Waals surface area contributed by atoms with Crippen molar-refractivity contribution in [3.63, 3.8) is 0 Å². The first-order chi connectivity index (χ1) is 4.31. The van der Waals surface area contributed by atoms with Gasteiger partial charge in [-0.25, -0.2) is 0 Å². The third kappa shape index (κ3) is 5.90. The molecule has 0 N–H and O–H groups in total. The summed E-state index contributed by atoms with van der Waals surface area (Å²) >= 11 is 3.38. The number of rotatable bonds is 4. The third-order valence-electron chi connectivity index (χ3n) is 0.867. The van der Waals surface area contributed by atoms with Crippen LogP contribution in [0.1, 0.15) is 26.7 Å². The van der Waals surface area contributed by atoms with E-state index < -0.39 is 0 Å². The zero-order valence-corrected chi connectivity index (χ0v) is 7.57. The zero-order valence-electron chi connectivity index (χ0n) is 5.98. The first-order valence-corrected chi connectivity index (χ1v) is 4.06. The maximum atomic E-state index is 5.04. The molecule has 2 heteroatoms. The minimum absolute atomic E-state index is 0.749. The Morgan fingerprint density at radius 1 is 1.56 bits per heavy atom. The maximum absolute atomic E-state index is 5.04. The van der Waals surface area contributed by atoms with E-state index in [1.165, 1.54) is 0 Å². The second kappa shape index (κ2) is 6.14. The van der Waals surface area contributed by atoms with Crippen LogP contribution in [0.3, 0.4) is 0 Å². The summed E-state index contributed by atoms with van der Waals surface area (Å²) in [6.07, 6.45) is 3.99. The number of hydrogen-bond donors (Lipinski definition) is 0. The Balaban J connectivity index is 3.30. The van der Waals surface area contributed by atoms with E-state index in [-0.39, 0.29) is 0 Å². The Morgan fingerprint density at radius 2 is 2.22 bits per heavy atom. The van der Waals surface area contributed by atoms with Crippen molar-refractivity contribution in [1.29, 1.82) is 0 Å². The molecule has 0 amide bonds. The molecular formula is C7H13BrO. The molecule has 0 bridgehead atoms. The van der Waals surface area contributed by atoms with Crippen LogP contribution in [0.5, 0.6) is 0 Å². The highest BCUT2D eigenvalue weighted by Crippen LogP contribution is 2.11. The van der Waals surface area contributed by atoms with Crippen molar-refractivity contribution >= 4 is 15.9 Å². The fourth-order valence-corrected chi connectivity index (χ4v) is 1.00. The van der Waals surface area contributed by atoms with E-state index in [9.17, 15) is 0 Å². The number of allylic oxidation sites excluding steroid dienone is 1. The molecule has 0 unspecified atom stereocenters.